The number of hydrogen-bond acceptors (Lipinski definition) is 4. The second-order valence-corrected chi connectivity index (χ2v) is 6.96. The summed E-state index contributed by atoms with van der Waals surface area (Å²) in [4.78, 5) is 19.8. The third-order valence-corrected chi connectivity index (χ3v) is 4.66. The predicted molar refractivity (Wildman–Crippen MR) is 102 cm³/mol. The molecule has 0 radical (unpaired) electrons. The summed E-state index contributed by atoms with van der Waals surface area (Å²) in [6.07, 6.45) is 5.93. The maximum atomic E-state index is 12.6. The molecule has 0 aliphatic carbocycles. The van der Waals surface area contributed by atoms with Crippen LogP contribution in [0.4, 0.5) is 13.2 Å². The molecule has 4 rings (SSSR count). The van der Waals surface area contributed by atoms with Gasteiger partial charge in [-0.3, -0.25) is 4.98 Å². The lowest BCUT2D eigenvalue weighted by Crippen LogP contribution is -2.08. The molecule has 1 N–H and O–H groups in total. The van der Waals surface area contributed by atoms with Gasteiger partial charge in [-0.1, -0.05) is 6.07 Å². The Morgan fingerprint density at radius 3 is 2.34 bits per heavy atom. The summed E-state index contributed by atoms with van der Waals surface area (Å²) in [5.41, 5.74) is 3.89. The molecule has 0 saturated heterocycles. The topological polar surface area (TPSA) is 67.3 Å². The van der Waals surface area contributed by atoms with Crippen LogP contribution in [0, 0.1) is 6.92 Å². The molecule has 4 heterocycles. The molecule has 0 aliphatic heterocycles. The molecule has 148 valence electrons. The van der Waals surface area contributed by atoms with E-state index in [1.165, 1.54) is 12.3 Å². The summed E-state index contributed by atoms with van der Waals surface area (Å²) >= 11 is 0. The lowest BCUT2D eigenvalue weighted by molar-refractivity contribution is -0.141. The van der Waals surface area contributed by atoms with E-state index in [4.69, 9.17) is 0 Å². The third-order valence-electron chi connectivity index (χ3n) is 4.66. The minimum absolute atomic E-state index is 0.526. The lowest BCUT2D eigenvalue weighted by atomic mass is 10.1. The van der Waals surface area contributed by atoms with Crippen LogP contribution in [0.1, 0.15) is 33.8 Å². The predicted octanol–water partition coefficient (Wildman–Crippen LogP) is 4.45. The lowest BCUT2D eigenvalue weighted by Gasteiger charge is -2.06. The average molecular weight is 397 g/mol. The van der Waals surface area contributed by atoms with Gasteiger partial charge in [-0.2, -0.15) is 13.2 Å². The Kier molecular flexibility index (Phi) is 5.00. The number of nitrogens with zero attached hydrogens (tertiary/aromatic N) is 4. The van der Waals surface area contributed by atoms with E-state index in [-0.39, 0.29) is 0 Å². The zero-order chi connectivity index (χ0) is 20.4. The summed E-state index contributed by atoms with van der Waals surface area (Å²) in [6.45, 7) is 2.01. The van der Waals surface area contributed by atoms with Crippen molar-refractivity contribution in [2.75, 3.05) is 0 Å². The normalized spacial score (nSPS) is 11.9. The van der Waals surface area contributed by atoms with E-state index in [0.29, 0.717) is 30.7 Å². The van der Waals surface area contributed by atoms with Crippen molar-refractivity contribution in [1.82, 2.24) is 24.9 Å². The number of aryl methyl sites for hydroxylation is 3. The molecule has 29 heavy (non-hydrogen) atoms. The molecule has 0 fully saturated rings. The van der Waals surface area contributed by atoms with E-state index in [1.54, 1.807) is 12.4 Å². The molecule has 0 atom stereocenters. The molecule has 8 heteroatoms. The highest BCUT2D eigenvalue weighted by molar-refractivity contribution is 5.80. The first-order valence-corrected chi connectivity index (χ1v) is 9.13. The SMILES string of the molecule is Cc1cnc2[nH]cc(Cc3cnc(CCc4ccc(C(F)(F)F)nc4)nc3)c2c1. The zero-order valence-electron chi connectivity index (χ0n) is 15.7. The standard InChI is InChI=1S/C21H18F3N5/c1-13-6-17-16(12-29-20(17)28-8-13)7-15-10-26-19(27-11-15)5-3-14-2-4-18(25-9-14)21(22,23)24/h2,4,6,8-12H,3,5,7H2,1H3,(H,28,29). The van der Waals surface area contributed by atoms with Crippen LogP contribution in [-0.2, 0) is 25.4 Å². The number of alkyl halides is 3. The molecule has 0 aromatic carbocycles. The molecule has 0 aliphatic rings. The van der Waals surface area contributed by atoms with Crippen molar-refractivity contribution in [2.24, 2.45) is 0 Å². The molecular formula is C21H18F3N5. The minimum Gasteiger partial charge on any atom is -0.346 e. The van der Waals surface area contributed by atoms with Gasteiger partial charge in [0.25, 0.3) is 0 Å². The molecule has 0 saturated carbocycles. The maximum absolute atomic E-state index is 12.6. The maximum Gasteiger partial charge on any atom is 0.433 e. The number of aromatic nitrogens is 5. The highest BCUT2D eigenvalue weighted by Crippen LogP contribution is 2.27. The smallest absolute Gasteiger partial charge is 0.346 e. The van der Waals surface area contributed by atoms with Gasteiger partial charge in [0.15, 0.2) is 0 Å². The number of aromatic amines is 1. The molecule has 0 spiro atoms. The van der Waals surface area contributed by atoms with Gasteiger partial charge in [0.2, 0.25) is 0 Å². The summed E-state index contributed by atoms with van der Waals surface area (Å²) in [6, 6.07) is 4.54. The van der Waals surface area contributed by atoms with Gasteiger partial charge in [0.1, 0.15) is 17.2 Å². The van der Waals surface area contributed by atoms with Crippen molar-refractivity contribution in [3.05, 3.63) is 83.0 Å². The van der Waals surface area contributed by atoms with Gasteiger partial charge in [0.05, 0.1) is 0 Å². The van der Waals surface area contributed by atoms with E-state index in [2.05, 4.69) is 31.0 Å². The van der Waals surface area contributed by atoms with E-state index in [0.717, 1.165) is 33.8 Å². The van der Waals surface area contributed by atoms with Gasteiger partial charge in [0, 0.05) is 49.2 Å². The number of hydrogen-bond donors (Lipinski definition) is 1. The average Bonchev–Trinajstić information content (AvgIpc) is 3.09. The fraction of sp³-hybridized carbons (Fsp3) is 0.238. The first kappa shape index (κ1) is 19.0. The van der Waals surface area contributed by atoms with Crippen LogP contribution in [0.5, 0.6) is 0 Å². The fourth-order valence-electron chi connectivity index (χ4n) is 3.13. The molecule has 0 amide bonds. The van der Waals surface area contributed by atoms with Gasteiger partial charge >= 0.3 is 6.18 Å². The summed E-state index contributed by atoms with van der Waals surface area (Å²) in [7, 11) is 0. The van der Waals surface area contributed by atoms with Crippen molar-refractivity contribution in [3.63, 3.8) is 0 Å². The van der Waals surface area contributed by atoms with Gasteiger partial charge in [-0.15, -0.1) is 0 Å². The Labute approximate surface area is 165 Å². The van der Waals surface area contributed by atoms with Gasteiger partial charge in [-0.25, -0.2) is 15.0 Å². The number of nitrogens with one attached hydrogen (secondary N) is 1. The first-order chi connectivity index (χ1) is 13.9. The molecule has 0 bridgehead atoms. The molecule has 5 nitrogen and oxygen atoms in total. The molecule has 0 unspecified atom stereocenters. The van der Waals surface area contributed by atoms with E-state index in [9.17, 15) is 13.2 Å². The summed E-state index contributed by atoms with van der Waals surface area (Å²) < 4.78 is 37.7. The monoisotopic (exact) mass is 397 g/mol. The number of pyridine rings is 2. The van der Waals surface area contributed by atoms with Crippen molar-refractivity contribution in [1.29, 1.82) is 0 Å². The van der Waals surface area contributed by atoms with Crippen molar-refractivity contribution in [3.8, 4) is 0 Å². The highest BCUT2D eigenvalue weighted by Gasteiger charge is 2.31. The number of fused-ring (bicyclic) bond motifs is 1. The van der Waals surface area contributed by atoms with Gasteiger partial charge < -0.3 is 4.98 Å². The summed E-state index contributed by atoms with van der Waals surface area (Å²) in [5, 5.41) is 1.09. The molecule has 4 aromatic rings. The number of halogens is 3. The van der Waals surface area contributed by atoms with E-state index < -0.39 is 11.9 Å². The van der Waals surface area contributed by atoms with Crippen molar-refractivity contribution >= 4 is 11.0 Å². The molecular weight excluding hydrogens is 379 g/mol. The van der Waals surface area contributed by atoms with Crippen LogP contribution in [0.25, 0.3) is 11.0 Å². The van der Waals surface area contributed by atoms with Crippen LogP contribution in [0.3, 0.4) is 0 Å². The molecule has 4 aromatic heterocycles. The Hall–Kier alpha value is -3.29. The second kappa shape index (κ2) is 7.62. The minimum atomic E-state index is -4.42. The largest absolute Gasteiger partial charge is 0.433 e. The Morgan fingerprint density at radius 2 is 1.66 bits per heavy atom. The highest BCUT2D eigenvalue weighted by atomic mass is 19.4. The quantitative estimate of drug-likeness (QED) is 0.540. The van der Waals surface area contributed by atoms with Gasteiger partial charge in [-0.05, 0) is 47.7 Å². The van der Waals surface area contributed by atoms with Crippen LogP contribution in [0.15, 0.2) is 49.2 Å². The Bertz CT molecular complexity index is 1120. The zero-order valence-corrected chi connectivity index (χ0v) is 15.7. The van der Waals surface area contributed by atoms with Crippen LogP contribution in [0.2, 0.25) is 0 Å². The Morgan fingerprint density at radius 1 is 0.897 bits per heavy atom. The first-order valence-electron chi connectivity index (χ1n) is 9.13. The van der Waals surface area contributed by atoms with Crippen molar-refractivity contribution in [2.45, 2.75) is 32.4 Å². The van der Waals surface area contributed by atoms with Crippen LogP contribution >= 0.6 is 0 Å². The van der Waals surface area contributed by atoms with Crippen LogP contribution < -0.4 is 0 Å². The van der Waals surface area contributed by atoms with Crippen molar-refractivity contribution < 1.29 is 13.2 Å². The summed E-state index contributed by atoms with van der Waals surface area (Å²) in [5.74, 6) is 0.644. The van der Waals surface area contributed by atoms with Crippen LogP contribution in [-0.4, -0.2) is 24.9 Å². The van der Waals surface area contributed by atoms with E-state index in [1.807, 2.05) is 19.3 Å². The third kappa shape index (κ3) is 4.42. The number of rotatable bonds is 5. The number of H-pyrrole nitrogens is 1. The fourth-order valence-corrected chi connectivity index (χ4v) is 3.13. The van der Waals surface area contributed by atoms with E-state index >= 15 is 0 Å². The Balaban J connectivity index is 1.39. The second-order valence-electron chi connectivity index (χ2n) is 6.96.